The SMILES string of the molecule is CCCC(C)(N)C(=O)N1CCC(Nc2ccc([N+](=O)[O-])cn2)C1.Cl. The Morgan fingerprint density at radius 2 is 2.29 bits per heavy atom. The van der Waals surface area contributed by atoms with Crippen molar-refractivity contribution in [3.05, 3.63) is 28.4 Å². The molecule has 1 aliphatic heterocycles. The smallest absolute Gasteiger partial charge is 0.287 e. The summed E-state index contributed by atoms with van der Waals surface area (Å²) < 4.78 is 0. The molecule has 1 fully saturated rings. The van der Waals surface area contributed by atoms with Crippen LogP contribution in [0.3, 0.4) is 0 Å². The van der Waals surface area contributed by atoms with Gasteiger partial charge in [0.15, 0.2) is 0 Å². The first kappa shape index (κ1) is 20.1. The molecule has 0 radical (unpaired) electrons. The zero-order valence-electron chi connectivity index (χ0n) is 13.9. The van der Waals surface area contributed by atoms with Crippen LogP contribution in [0.4, 0.5) is 11.5 Å². The van der Waals surface area contributed by atoms with Crippen molar-refractivity contribution in [3.8, 4) is 0 Å². The van der Waals surface area contributed by atoms with E-state index in [1.807, 2.05) is 6.92 Å². The number of hydrogen-bond donors (Lipinski definition) is 2. The van der Waals surface area contributed by atoms with Gasteiger partial charge in [-0.3, -0.25) is 14.9 Å². The molecule has 8 nitrogen and oxygen atoms in total. The Kier molecular flexibility index (Phi) is 6.92. The van der Waals surface area contributed by atoms with Crippen LogP contribution < -0.4 is 11.1 Å². The van der Waals surface area contributed by atoms with E-state index in [-0.39, 0.29) is 30.0 Å². The molecule has 0 aromatic carbocycles. The fourth-order valence-electron chi connectivity index (χ4n) is 2.84. The molecule has 134 valence electrons. The summed E-state index contributed by atoms with van der Waals surface area (Å²) in [6.45, 7) is 5.00. The molecule has 1 saturated heterocycles. The van der Waals surface area contributed by atoms with Crippen LogP contribution in [-0.2, 0) is 4.79 Å². The van der Waals surface area contributed by atoms with Gasteiger partial charge in [-0.05, 0) is 25.8 Å². The van der Waals surface area contributed by atoms with E-state index >= 15 is 0 Å². The highest BCUT2D eigenvalue weighted by atomic mass is 35.5. The van der Waals surface area contributed by atoms with E-state index in [1.54, 1.807) is 17.9 Å². The number of rotatable bonds is 6. The Labute approximate surface area is 147 Å². The molecule has 2 heterocycles. The van der Waals surface area contributed by atoms with Crippen molar-refractivity contribution in [3.63, 3.8) is 0 Å². The van der Waals surface area contributed by atoms with Gasteiger partial charge in [-0.1, -0.05) is 13.3 Å². The third-order valence-electron chi connectivity index (χ3n) is 4.04. The van der Waals surface area contributed by atoms with Gasteiger partial charge < -0.3 is 16.0 Å². The molecule has 1 aliphatic rings. The van der Waals surface area contributed by atoms with Crippen molar-refractivity contribution in [1.29, 1.82) is 0 Å². The zero-order valence-corrected chi connectivity index (χ0v) is 14.7. The van der Waals surface area contributed by atoms with Crippen molar-refractivity contribution in [2.45, 2.75) is 44.7 Å². The number of nitro groups is 1. The second-order valence-electron chi connectivity index (χ2n) is 6.21. The summed E-state index contributed by atoms with van der Waals surface area (Å²) in [5.41, 5.74) is 5.24. The molecule has 2 atom stereocenters. The third kappa shape index (κ3) is 4.78. The zero-order chi connectivity index (χ0) is 17.0. The number of carbonyl (C=O) groups excluding carboxylic acids is 1. The number of pyridine rings is 1. The lowest BCUT2D eigenvalue weighted by molar-refractivity contribution is -0.385. The average molecular weight is 358 g/mol. The maximum absolute atomic E-state index is 12.5. The maximum atomic E-state index is 12.5. The molecule has 1 aromatic heterocycles. The molecular weight excluding hydrogens is 334 g/mol. The molecule has 2 unspecified atom stereocenters. The highest BCUT2D eigenvalue weighted by Crippen LogP contribution is 2.20. The summed E-state index contributed by atoms with van der Waals surface area (Å²) in [5.74, 6) is 0.541. The van der Waals surface area contributed by atoms with Gasteiger partial charge in [-0.2, -0.15) is 0 Å². The molecule has 0 aliphatic carbocycles. The first-order chi connectivity index (χ1) is 10.8. The molecule has 1 amide bonds. The molecule has 2 rings (SSSR count). The second kappa shape index (κ2) is 8.25. The second-order valence-corrected chi connectivity index (χ2v) is 6.21. The van der Waals surface area contributed by atoms with Crippen molar-refractivity contribution < 1.29 is 9.72 Å². The third-order valence-corrected chi connectivity index (χ3v) is 4.04. The summed E-state index contributed by atoms with van der Waals surface area (Å²) in [4.78, 5) is 28.4. The summed E-state index contributed by atoms with van der Waals surface area (Å²) in [7, 11) is 0. The number of nitrogens with two attached hydrogens (primary N) is 1. The van der Waals surface area contributed by atoms with Gasteiger partial charge in [0, 0.05) is 25.2 Å². The maximum Gasteiger partial charge on any atom is 0.287 e. The number of carbonyl (C=O) groups is 1. The average Bonchev–Trinajstić information content (AvgIpc) is 2.95. The van der Waals surface area contributed by atoms with Crippen LogP contribution >= 0.6 is 12.4 Å². The molecule has 0 bridgehead atoms. The molecule has 3 N–H and O–H groups in total. The minimum Gasteiger partial charge on any atom is -0.365 e. The van der Waals surface area contributed by atoms with Crippen LogP contribution in [0.2, 0.25) is 0 Å². The Bertz CT molecular complexity index is 579. The van der Waals surface area contributed by atoms with E-state index < -0.39 is 10.5 Å². The predicted molar refractivity (Wildman–Crippen MR) is 94.2 cm³/mol. The van der Waals surface area contributed by atoms with E-state index in [4.69, 9.17) is 5.73 Å². The standard InChI is InChI=1S/C15H23N5O3.ClH/c1-3-7-15(2,16)14(21)19-8-6-11(10-19)18-13-5-4-12(9-17-13)20(22)23;/h4-5,9,11H,3,6-8,10,16H2,1-2H3,(H,17,18);1H. The highest BCUT2D eigenvalue weighted by Gasteiger charge is 2.35. The first-order valence-electron chi connectivity index (χ1n) is 7.78. The van der Waals surface area contributed by atoms with E-state index in [0.29, 0.717) is 25.3 Å². The van der Waals surface area contributed by atoms with E-state index in [2.05, 4.69) is 10.3 Å². The lowest BCUT2D eigenvalue weighted by Crippen LogP contribution is -2.52. The lowest BCUT2D eigenvalue weighted by atomic mass is 9.96. The number of anilines is 1. The number of likely N-dealkylation sites (tertiary alicyclic amines) is 1. The Morgan fingerprint density at radius 1 is 1.58 bits per heavy atom. The Hall–Kier alpha value is -1.93. The number of nitrogens with zero attached hydrogens (tertiary/aromatic N) is 3. The Morgan fingerprint density at radius 3 is 2.83 bits per heavy atom. The van der Waals surface area contributed by atoms with Crippen LogP contribution in [0.1, 0.15) is 33.1 Å². The number of halogens is 1. The first-order valence-corrected chi connectivity index (χ1v) is 7.78. The summed E-state index contributed by atoms with van der Waals surface area (Å²) in [6, 6.07) is 3.06. The fraction of sp³-hybridized carbons (Fsp3) is 0.600. The normalized spacial score (nSPS) is 19.3. The van der Waals surface area contributed by atoms with Crippen molar-refractivity contribution in [2.75, 3.05) is 18.4 Å². The van der Waals surface area contributed by atoms with Crippen LogP contribution in [0.5, 0.6) is 0 Å². The predicted octanol–water partition coefficient (Wildman–Crippen LogP) is 1.94. The van der Waals surface area contributed by atoms with Gasteiger partial charge >= 0.3 is 0 Å². The van der Waals surface area contributed by atoms with Crippen LogP contribution in [-0.4, -0.2) is 45.4 Å². The number of aromatic nitrogens is 1. The van der Waals surface area contributed by atoms with E-state index in [9.17, 15) is 14.9 Å². The van der Waals surface area contributed by atoms with Gasteiger partial charge in [-0.25, -0.2) is 4.98 Å². The number of nitrogens with one attached hydrogen (secondary N) is 1. The number of hydrogen-bond acceptors (Lipinski definition) is 6. The minimum absolute atomic E-state index is 0. The van der Waals surface area contributed by atoms with Gasteiger partial charge in [0.2, 0.25) is 5.91 Å². The van der Waals surface area contributed by atoms with Gasteiger partial charge in [-0.15, -0.1) is 12.4 Å². The van der Waals surface area contributed by atoms with Crippen LogP contribution in [0, 0.1) is 10.1 Å². The van der Waals surface area contributed by atoms with Gasteiger partial charge in [0.25, 0.3) is 5.69 Å². The van der Waals surface area contributed by atoms with E-state index in [1.165, 1.54) is 12.3 Å². The monoisotopic (exact) mass is 357 g/mol. The van der Waals surface area contributed by atoms with Crippen molar-refractivity contribution in [2.24, 2.45) is 5.73 Å². The fourth-order valence-corrected chi connectivity index (χ4v) is 2.84. The topological polar surface area (TPSA) is 114 Å². The van der Waals surface area contributed by atoms with Gasteiger partial charge in [0.05, 0.1) is 10.5 Å². The largest absolute Gasteiger partial charge is 0.365 e. The van der Waals surface area contributed by atoms with Crippen molar-refractivity contribution in [1.82, 2.24) is 9.88 Å². The number of amides is 1. The molecule has 0 spiro atoms. The Balaban J connectivity index is 0.00000288. The lowest BCUT2D eigenvalue weighted by Gasteiger charge is -2.29. The molecule has 1 aromatic rings. The minimum atomic E-state index is -0.824. The highest BCUT2D eigenvalue weighted by molar-refractivity contribution is 5.86. The van der Waals surface area contributed by atoms with Crippen molar-refractivity contribution >= 4 is 29.8 Å². The molecule has 24 heavy (non-hydrogen) atoms. The summed E-state index contributed by atoms with van der Waals surface area (Å²) >= 11 is 0. The van der Waals surface area contributed by atoms with Crippen LogP contribution in [0.25, 0.3) is 0 Å². The molecular formula is C15H24ClN5O3. The van der Waals surface area contributed by atoms with Gasteiger partial charge in [0.1, 0.15) is 12.0 Å². The molecule has 0 saturated carbocycles. The van der Waals surface area contributed by atoms with E-state index in [0.717, 1.165) is 12.8 Å². The molecule has 9 heteroatoms. The van der Waals surface area contributed by atoms with Crippen LogP contribution in [0.15, 0.2) is 18.3 Å². The summed E-state index contributed by atoms with van der Waals surface area (Å²) in [5, 5.41) is 13.8. The summed E-state index contributed by atoms with van der Waals surface area (Å²) in [6.07, 6.45) is 3.54. The quantitative estimate of drug-likeness (QED) is 0.594.